The molecule has 0 saturated carbocycles. The zero-order valence-corrected chi connectivity index (χ0v) is 20.0. The molecule has 8 nitrogen and oxygen atoms in total. The van der Waals surface area contributed by atoms with E-state index in [1.165, 1.54) is 23.5 Å². The van der Waals surface area contributed by atoms with Crippen molar-refractivity contribution < 1.29 is 22.7 Å². The van der Waals surface area contributed by atoms with Crippen LogP contribution in [0.15, 0.2) is 53.4 Å². The summed E-state index contributed by atoms with van der Waals surface area (Å²) >= 11 is 5.93. The van der Waals surface area contributed by atoms with Crippen molar-refractivity contribution in [3.63, 3.8) is 0 Å². The number of methoxy groups -OCH3 is 1. The summed E-state index contributed by atoms with van der Waals surface area (Å²) < 4.78 is 32.3. The van der Waals surface area contributed by atoms with E-state index in [2.05, 4.69) is 10.6 Å². The number of nitrogens with zero attached hydrogens (tertiary/aromatic N) is 1. The third-order valence-corrected chi connectivity index (χ3v) is 7.60. The van der Waals surface area contributed by atoms with Crippen LogP contribution in [0.5, 0.6) is 5.75 Å². The van der Waals surface area contributed by atoms with Crippen molar-refractivity contribution in [3.05, 3.63) is 59.1 Å². The molecule has 0 aliphatic carbocycles. The second-order valence-corrected chi connectivity index (χ2v) is 10.2. The average molecular weight is 494 g/mol. The number of carbonyl (C=O) groups is 2. The van der Waals surface area contributed by atoms with Crippen LogP contribution in [0.3, 0.4) is 0 Å². The zero-order chi connectivity index (χ0) is 23.8. The monoisotopic (exact) mass is 493 g/mol. The van der Waals surface area contributed by atoms with E-state index in [4.69, 9.17) is 16.3 Å². The molecule has 2 amide bonds. The lowest BCUT2D eigenvalue weighted by Crippen LogP contribution is -2.45. The highest BCUT2D eigenvalue weighted by Gasteiger charge is 2.33. The van der Waals surface area contributed by atoms with Crippen LogP contribution in [0.2, 0.25) is 5.02 Å². The molecular weight excluding hydrogens is 466 g/mol. The normalized spacial score (nSPS) is 16.7. The first kappa shape index (κ1) is 25.0. The van der Waals surface area contributed by atoms with Gasteiger partial charge in [0.05, 0.1) is 17.9 Å². The molecule has 178 valence electrons. The maximum atomic E-state index is 13.0. The van der Waals surface area contributed by atoms with Crippen LogP contribution in [0.25, 0.3) is 0 Å². The highest BCUT2D eigenvalue weighted by Crippen LogP contribution is 2.25. The molecule has 1 saturated heterocycles. The number of sulfonamides is 1. The number of rotatable bonds is 9. The number of benzene rings is 2. The fourth-order valence-electron chi connectivity index (χ4n) is 3.65. The summed E-state index contributed by atoms with van der Waals surface area (Å²) in [5.74, 6) is -0.322. The van der Waals surface area contributed by atoms with Crippen LogP contribution in [0.4, 0.5) is 0 Å². The SMILES string of the molecule is COc1ccc(S(=O)(=O)N2CCC[C@@H](C(=O)NCCC(=O)NCc3cccc(Cl)c3)C2)cc1. The average Bonchev–Trinajstić information content (AvgIpc) is 2.83. The molecule has 0 radical (unpaired) electrons. The Kier molecular flexibility index (Phi) is 8.71. The van der Waals surface area contributed by atoms with Gasteiger partial charge in [-0.25, -0.2) is 8.42 Å². The van der Waals surface area contributed by atoms with Crippen molar-refractivity contribution in [2.75, 3.05) is 26.7 Å². The standard InChI is InChI=1S/C23H28ClN3O5S/c1-32-20-7-9-21(10-8-20)33(30,31)27-13-3-5-18(16-27)23(29)25-12-11-22(28)26-15-17-4-2-6-19(24)14-17/h2,4,6-10,14,18H,3,5,11-13,15-16H2,1H3,(H,25,29)(H,26,28)/t18-/m1/s1. The van der Waals surface area contributed by atoms with Gasteiger partial charge in [-0.1, -0.05) is 23.7 Å². The Morgan fingerprint density at radius 2 is 1.91 bits per heavy atom. The smallest absolute Gasteiger partial charge is 0.243 e. The number of nitrogens with one attached hydrogen (secondary N) is 2. The number of ether oxygens (including phenoxy) is 1. The number of carbonyl (C=O) groups excluding carboxylic acids is 2. The molecule has 0 spiro atoms. The molecule has 1 aliphatic heterocycles. The van der Waals surface area contributed by atoms with Crippen molar-refractivity contribution in [3.8, 4) is 5.75 Å². The largest absolute Gasteiger partial charge is 0.497 e. The minimum atomic E-state index is -3.70. The first-order valence-corrected chi connectivity index (χ1v) is 12.5. The van der Waals surface area contributed by atoms with Gasteiger partial charge in [-0.2, -0.15) is 4.31 Å². The Bertz CT molecular complexity index is 1080. The van der Waals surface area contributed by atoms with E-state index in [1.807, 2.05) is 12.1 Å². The maximum absolute atomic E-state index is 13.0. The van der Waals surface area contributed by atoms with E-state index < -0.39 is 15.9 Å². The number of halogens is 1. The Morgan fingerprint density at radius 3 is 2.61 bits per heavy atom. The van der Waals surface area contributed by atoms with Crippen molar-refractivity contribution in [2.24, 2.45) is 5.92 Å². The van der Waals surface area contributed by atoms with E-state index in [0.717, 1.165) is 5.56 Å². The van der Waals surface area contributed by atoms with Gasteiger partial charge in [0.2, 0.25) is 21.8 Å². The van der Waals surface area contributed by atoms with Gasteiger partial charge < -0.3 is 15.4 Å². The molecule has 2 aromatic rings. The summed E-state index contributed by atoms with van der Waals surface area (Å²) in [6, 6.07) is 13.4. The molecule has 0 bridgehead atoms. The molecule has 33 heavy (non-hydrogen) atoms. The fourth-order valence-corrected chi connectivity index (χ4v) is 5.39. The second-order valence-electron chi connectivity index (χ2n) is 7.83. The van der Waals surface area contributed by atoms with E-state index in [-0.39, 0.29) is 36.2 Å². The molecule has 1 heterocycles. The van der Waals surface area contributed by atoms with Crippen LogP contribution < -0.4 is 15.4 Å². The lowest BCUT2D eigenvalue weighted by molar-refractivity contribution is -0.126. The lowest BCUT2D eigenvalue weighted by atomic mass is 9.99. The molecule has 1 aliphatic rings. The summed E-state index contributed by atoms with van der Waals surface area (Å²) in [6.45, 7) is 1.02. The minimum Gasteiger partial charge on any atom is -0.497 e. The molecule has 3 rings (SSSR count). The summed E-state index contributed by atoms with van der Waals surface area (Å²) in [5, 5.41) is 6.15. The number of amides is 2. The van der Waals surface area contributed by atoms with Crippen LogP contribution in [-0.4, -0.2) is 51.3 Å². The molecule has 1 atom stereocenters. The van der Waals surface area contributed by atoms with Gasteiger partial charge in [-0.15, -0.1) is 0 Å². The van der Waals surface area contributed by atoms with Gasteiger partial charge in [-0.3, -0.25) is 9.59 Å². The van der Waals surface area contributed by atoms with Gasteiger partial charge in [0.15, 0.2) is 0 Å². The Hall–Kier alpha value is -2.62. The lowest BCUT2D eigenvalue weighted by Gasteiger charge is -2.31. The van der Waals surface area contributed by atoms with Crippen LogP contribution in [0, 0.1) is 5.92 Å². The van der Waals surface area contributed by atoms with E-state index in [9.17, 15) is 18.0 Å². The predicted octanol–water partition coefficient (Wildman–Crippen LogP) is 2.57. The minimum absolute atomic E-state index is 0.112. The van der Waals surface area contributed by atoms with Crippen molar-refractivity contribution in [2.45, 2.75) is 30.7 Å². The van der Waals surface area contributed by atoms with Gasteiger partial charge in [0, 0.05) is 37.6 Å². The van der Waals surface area contributed by atoms with Gasteiger partial charge >= 0.3 is 0 Å². The first-order chi connectivity index (χ1) is 15.8. The third kappa shape index (κ3) is 6.93. The van der Waals surface area contributed by atoms with Gasteiger partial charge in [-0.05, 0) is 54.8 Å². The molecular formula is C23H28ClN3O5S. The molecule has 10 heteroatoms. The molecule has 0 unspecified atom stereocenters. The number of hydrogen-bond donors (Lipinski definition) is 2. The van der Waals surface area contributed by atoms with Gasteiger partial charge in [0.1, 0.15) is 5.75 Å². The third-order valence-electron chi connectivity index (χ3n) is 5.48. The summed E-state index contributed by atoms with van der Waals surface area (Å²) in [5.41, 5.74) is 0.889. The highest BCUT2D eigenvalue weighted by atomic mass is 35.5. The van der Waals surface area contributed by atoms with E-state index in [0.29, 0.717) is 36.7 Å². The maximum Gasteiger partial charge on any atom is 0.243 e. The topological polar surface area (TPSA) is 105 Å². The Morgan fingerprint density at radius 1 is 1.15 bits per heavy atom. The molecule has 2 N–H and O–H groups in total. The molecule has 1 fully saturated rings. The fraction of sp³-hybridized carbons (Fsp3) is 0.391. The Labute approximate surface area is 199 Å². The molecule has 2 aromatic carbocycles. The van der Waals surface area contributed by atoms with E-state index in [1.54, 1.807) is 24.3 Å². The second kappa shape index (κ2) is 11.5. The van der Waals surface area contributed by atoms with E-state index >= 15 is 0 Å². The zero-order valence-electron chi connectivity index (χ0n) is 18.4. The summed E-state index contributed by atoms with van der Waals surface area (Å²) in [6.07, 6.45) is 1.32. The van der Waals surface area contributed by atoms with Gasteiger partial charge in [0.25, 0.3) is 0 Å². The number of hydrogen-bond acceptors (Lipinski definition) is 5. The molecule has 0 aromatic heterocycles. The van der Waals surface area contributed by atoms with Crippen LogP contribution in [0.1, 0.15) is 24.8 Å². The summed E-state index contributed by atoms with van der Waals surface area (Å²) in [7, 11) is -2.19. The summed E-state index contributed by atoms with van der Waals surface area (Å²) in [4.78, 5) is 24.8. The predicted molar refractivity (Wildman–Crippen MR) is 125 cm³/mol. The van der Waals surface area contributed by atoms with Crippen molar-refractivity contribution >= 4 is 33.4 Å². The van der Waals surface area contributed by atoms with Crippen LogP contribution >= 0.6 is 11.6 Å². The highest BCUT2D eigenvalue weighted by molar-refractivity contribution is 7.89. The first-order valence-electron chi connectivity index (χ1n) is 10.7. The quantitative estimate of drug-likeness (QED) is 0.558. The van der Waals surface area contributed by atoms with Crippen LogP contribution in [-0.2, 0) is 26.2 Å². The van der Waals surface area contributed by atoms with Crippen molar-refractivity contribution in [1.29, 1.82) is 0 Å². The Balaban J connectivity index is 1.46. The van der Waals surface area contributed by atoms with Crippen molar-refractivity contribution in [1.82, 2.24) is 14.9 Å². The number of piperidine rings is 1.